The molecule has 1 atom stereocenters. The molecule has 26 heavy (non-hydrogen) atoms. The number of imidazole rings is 1. The zero-order valence-electron chi connectivity index (χ0n) is 15.0. The number of nitrogens with zero attached hydrogens (tertiary/aromatic N) is 2. The highest BCUT2D eigenvalue weighted by Gasteiger charge is 2.22. The molecule has 0 fully saturated rings. The van der Waals surface area contributed by atoms with Gasteiger partial charge >= 0.3 is 0 Å². The predicted octanol–water partition coefficient (Wildman–Crippen LogP) is 1.33. The maximum absolute atomic E-state index is 12.4. The summed E-state index contributed by atoms with van der Waals surface area (Å²) in [5.74, 6) is 1.94. The SMILES string of the molecule is CC(C)c1nc(S(=O)(=O)NCC(O)c2ccc3c(c2)OCCO3)cn1C. The second-order valence-corrected chi connectivity index (χ2v) is 8.19. The van der Waals surface area contributed by atoms with Crippen LogP contribution in [0, 0.1) is 0 Å². The first kappa shape index (κ1) is 18.7. The number of fused-ring (bicyclic) bond motifs is 1. The molecule has 0 saturated heterocycles. The number of aliphatic hydroxyl groups is 1. The van der Waals surface area contributed by atoms with Crippen LogP contribution >= 0.6 is 0 Å². The molecule has 1 aliphatic heterocycles. The Morgan fingerprint density at radius 1 is 1.27 bits per heavy atom. The summed E-state index contributed by atoms with van der Waals surface area (Å²) < 4.78 is 39.9. The monoisotopic (exact) mass is 381 g/mol. The van der Waals surface area contributed by atoms with Crippen LogP contribution in [0.4, 0.5) is 0 Å². The molecule has 2 N–H and O–H groups in total. The normalized spacial score (nSPS) is 15.3. The van der Waals surface area contributed by atoms with E-state index in [9.17, 15) is 13.5 Å². The average Bonchev–Trinajstić information content (AvgIpc) is 3.02. The summed E-state index contributed by atoms with van der Waals surface area (Å²) in [6, 6.07) is 5.05. The maximum atomic E-state index is 12.4. The highest BCUT2D eigenvalue weighted by atomic mass is 32.2. The van der Waals surface area contributed by atoms with Crippen LogP contribution in [0.25, 0.3) is 0 Å². The van der Waals surface area contributed by atoms with Gasteiger partial charge in [0.1, 0.15) is 19.0 Å². The Morgan fingerprint density at radius 3 is 2.62 bits per heavy atom. The zero-order chi connectivity index (χ0) is 18.9. The molecule has 8 nitrogen and oxygen atoms in total. The lowest BCUT2D eigenvalue weighted by Crippen LogP contribution is -2.29. The highest BCUT2D eigenvalue weighted by Crippen LogP contribution is 2.32. The topological polar surface area (TPSA) is 103 Å². The number of nitrogens with one attached hydrogen (secondary N) is 1. The first-order valence-corrected chi connectivity index (χ1v) is 9.87. The minimum Gasteiger partial charge on any atom is -0.486 e. The number of hydrogen-bond acceptors (Lipinski definition) is 6. The quantitative estimate of drug-likeness (QED) is 0.783. The van der Waals surface area contributed by atoms with Crippen LogP contribution in [0.3, 0.4) is 0 Å². The molecule has 1 aliphatic rings. The van der Waals surface area contributed by atoms with Crippen molar-refractivity contribution in [1.82, 2.24) is 14.3 Å². The summed E-state index contributed by atoms with van der Waals surface area (Å²) in [6.07, 6.45) is 0.447. The molecule has 1 aromatic carbocycles. The molecule has 9 heteroatoms. The zero-order valence-corrected chi connectivity index (χ0v) is 15.8. The Bertz CT molecular complexity index is 892. The van der Waals surface area contributed by atoms with Crippen LogP contribution in [-0.2, 0) is 17.1 Å². The summed E-state index contributed by atoms with van der Waals surface area (Å²) in [5.41, 5.74) is 0.542. The maximum Gasteiger partial charge on any atom is 0.259 e. The van der Waals surface area contributed by atoms with Gasteiger partial charge in [0, 0.05) is 25.7 Å². The van der Waals surface area contributed by atoms with E-state index in [-0.39, 0.29) is 17.5 Å². The fourth-order valence-electron chi connectivity index (χ4n) is 2.77. The van der Waals surface area contributed by atoms with E-state index in [1.807, 2.05) is 13.8 Å². The third kappa shape index (κ3) is 3.84. The van der Waals surface area contributed by atoms with Crippen molar-refractivity contribution >= 4 is 10.0 Å². The third-order valence-electron chi connectivity index (χ3n) is 4.10. The molecule has 1 unspecified atom stereocenters. The predicted molar refractivity (Wildman–Crippen MR) is 94.9 cm³/mol. The van der Waals surface area contributed by atoms with Crippen molar-refractivity contribution in [3.63, 3.8) is 0 Å². The van der Waals surface area contributed by atoms with Crippen molar-refractivity contribution in [3.8, 4) is 11.5 Å². The first-order valence-electron chi connectivity index (χ1n) is 8.38. The van der Waals surface area contributed by atoms with E-state index in [2.05, 4.69) is 9.71 Å². The first-order chi connectivity index (χ1) is 12.3. The van der Waals surface area contributed by atoms with Crippen molar-refractivity contribution < 1.29 is 23.0 Å². The molecule has 142 valence electrons. The number of hydrogen-bond donors (Lipinski definition) is 2. The number of ether oxygens (including phenoxy) is 2. The Kier molecular flexibility index (Phi) is 5.22. The number of aryl methyl sites for hydroxylation is 1. The van der Waals surface area contributed by atoms with E-state index in [0.29, 0.717) is 36.1 Å². The fraction of sp³-hybridized carbons (Fsp3) is 0.471. The summed E-state index contributed by atoms with van der Waals surface area (Å²) in [7, 11) is -2.06. The van der Waals surface area contributed by atoms with Gasteiger partial charge < -0.3 is 19.1 Å². The van der Waals surface area contributed by atoms with Crippen molar-refractivity contribution in [2.45, 2.75) is 30.9 Å². The van der Waals surface area contributed by atoms with Gasteiger partial charge in [-0.1, -0.05) is 19.9 Å². The molecule has 1 aromatic heterocycles. The Labute approximate surface area is 152 Å². The van der Waals surface area contributed by atoms with Crippen LogP contribution in [0.1, 0.15) is 37.3 Å². The van der Waals surface area contributed by atoms with E-state index >= 15 is 0 Å². The Hall–Kier alpha value is -2.10. The van der Waals surface area contributed by atoms with Crippen LogP contribution in [0.15, 0.2) is 29.4 Å². The van der Waals surface area contributed by atoms with Crippen LogP contribution in [0.5, 0.6) is 11.5 Å². The number of aromatic nitrogens is 2. The van der Waals surface area contributed by atoms with Gasteiger partial charge in [0.25, 0.3) is 10.0 Å². The molecule has 2 aromatic rings. The molecule has 0 spiro atoms. The smallest absolute Gasteiger partial charge is 0.259 e. The molecular weight excluding hydrogens is 358 g/mol. The molecule has 0 amide bonds. The van der Waals surface area contributed by atoms with E-state index in [1.54, 1.807) is 29.8 Å². The average molecular weight is 381 g/mol. The largest absolute Gasteiger partial charge is 0.486 e. The van der Waals surface area contributed by atoms with Crippen LogP contribution in [-0.4, -0.2) is 42.8 Å². The van der Waals surface area contributed by atoms with Crippen LogP contribution in [0.2, 0.25) is 0 Å². The van der Waals surface area contributed by atoms with Crippen LogP contribution < -0.4 is 14.2 Å². The summed E-state index contributed by atoms with van der Waals surface area (Å²) in [4.78, 5) is 4.18. The minimum absolute atomic E-state index is 0.0573. The standard InChI is InChI=1S/C17H23N3O5S/c1-11(2)17-19-16(10-20(17)3)26(22,23)18-9-13(21)12-4-5-14-15(8-12)25-7-6-24-14/h4-5,8,10-11,13,18,21H,6-7,9H2,1-3H3. The number of benzene rings is 1. The third-order valence-corrected chi connectivity index (χ3v) is 5.39. The van der Waals surface area contributed by atoms with Crippen molar-refractivity contribution in [2.24, 2.45) is 7.05 Å². The highest BCUT2D eigenvalue weighted by molar-refractivity contribution is 7.89. The second-order valence-electron chi connectivity index (χ2n) is 6.47. The molecule has 0 bridgehead atoms. The summed E-state index contributed by atoms with van der Waals surface area (Å²) >= 11 is 0. The molecule has 2 heterocycles. The van der Waals surface area contributed by atoms with Gasteiger partial charge in [0.05, 0.1) is 6.10 Å². The van der Waals surface area contributed by atoms with Gasteiger partial charge in [-0.15, -0.1) is 0 Å². The van der Waals surface area contributed by atoms with Gasteiger partial charge in [-0.05, 0) is 17.7 Å². The lowest BCUT2D eigenvalue weighted by Gasteiger charge is -2.20. The van der Waals surface area contributed by atoms with E-state index in [0.717, 1.165) is 0 Å². The molecule has 3 rings (SSSR count). The van der Waals surface area contributed by atoms with E-state index in [1.165, 1.54) is 6.20 Å². The van der Waals surface area contributed by atoms with Gasteiger partial charge in [-0.3, -0.25) is 0 Å². The number of aliphatic hydroxyl groups excluding tert-OH is 1. The molecular formula is C17H23N3O5S. The summed E-state index contributed by atoms with van der Waals surface area (Å²) in [5, 5.41) is 10.3. The van der Waals surface area contributed by atoms with Crippen molar-refractivity contribution in [3.05, 3.63) is 35.8 Å². The van der Waals surface area contributed by atoms with Crippen molar-refractivity contribution in [1.29, 1.82) is 0 Å². The Morgan fingerprint density at radius 2 is 1.96 bits per heavy atom. The Balaban J connectivity index is 1.70. The second kappa shape index (κ2) is 7.26. The van der Waals surface area contributed by atoms with E-state index < -0.39 is 16.1 Å². The number of sulfonamides is 1. The molecule has 0 saturated carbocycles. The van der Waals surface area contributed by atoms with Crippen molar-refractivity contribution in [2.75, 3.05) is 19.8 Å². The van der Waals surface area contributed by atoms with E-state index in [4.69, 9.17) is 9.47 Å². The summed E-state index contributed by atoms with van der Waals surface area (Å²) in [6.45, 7) is 4.64. The van der Waals surface area contributed by atoms with Gasteiger partial charge in [-0.2, -0.15) is 0 Å². The fourth-order valence-corrected chi connectivity index (χ4v) is 3.80. The van der Waals surface area contributed by atoms with Gasteiger partial charge in [0.2, 0.25) is 0 Å². The molecule has 0 radical (unpaired) electrons. The lowest BCUT2D eigenvalue weighted by atomic mass is 10.1. The lowest BCUT2D eigenvalue weighted by molar-refractivity contribution is 0.165. The van der Waals surface area contributed by atoms with Gasteiger partial charge in [0.15, 0.2) is 16.5 Å². The molecule has 0 aliphatic carbocycles. The number of rotatable bonds is 6. The minimum atomic E-state index is -3.81. The van der Waals surface area contributed by atoms with Gasteiger partial charge in [-0.25, -0.2) is 18.1 Å².